The number of hydrogen-bond acceptors (Lipinski definition) is 2. The number of hydrogen-bond donors (Lipinski definition) is 1. The molecule has 0 saturated heterocycles. The lowest BCUT2D eigenvalue weighted by Crippen LogP contribution is -1.96. The largest absolute Gasteiger partial charge is 0.478 e. The summed E-state index contributed by atoms with van der Waals surface area (Å²) in [6, 6.07) is 8.45. The normalized spacial score (nSPS) is 10.3. The van der Waals surface area contributed by atoms with Crippen molar-refractivity contribution in [1.29, 1.82) is 0 Å². The van der Waals surface area contributed by atoms with Gasteiger partial charge in [-0.2, -0.15) is 0 Å². The number of rotatable bonds is 3. The average Bonchev–Trinajstić information content (AvgIpc) is 2.36. The van der Waals surface area contributed by atoms with E-state index in [0.717, 1.165) is 5.56 Å². The summed E-state index contributed by atoms with van der Waals surface area (Å²) in [5.74, 6) is -1.35. The van der Waals surface area contributed by atoms with Gasteiger partial charge in [0.05, 0.1) is 10.6 Å². The molecular weight excluding hydrogens is 271 g/mol. The Morgan fingerprint density at radius 2 is 1.95 bits per heavy atom. The summed E-state index contributed by atoms with van der Waals surface area (Å²) in [5.41, 5.74) is 0.886. The number of ether oxygens (including phenoxy) is 1. The Bertz CT molecular complexity index is 641. The van der Waals surface area contributed by atoms with Gasteiger partial charge in [-0.25, -0.2) is 9.18 Å². The first-order chi connectivity index (χ1) is 8.97. The first-order valence-electron chi connectivity index (χ1n) is 5.44. The van der Waals surface area contributed by atoms with Crippen molar-refractivity contribution in [3.63, 3.8) is 0 Å². The van der Waals surface area contributed by atoms with Crippen LogP contribution in [0, 0.1) is 12.7 Å². The molecule has 0 bridgehead atoms. The van der Waals surface area contributed by atoms with E-state index >= 15 is 0 Å². The molecule has 0 aliphatic heterocycles. The highest BCUT2D eigenvalue weighted by molar-refractivity contribution is 6.32. The molecular formula is C14H10ClFO3. The standard InChI is InChI=1S/C14H10ClFO3/c1-8-2-4-11(16)13(6-8)19-12-5-3-9(14(17)18)7-10(12)15/h2-7H,1H3,(H,17,18). The number of aryl methyl sites for hydroxylation is 1. The Morgan fingerprint density at radius 3 is 2.58 bits per heavy atom. The molecule has 0 spiro atoms. The zero-order chi connectivity index (χ0) is 14.0. The predicted molar refractivity (Wildman–Crippen MR) is 69.6 cm³/mol. The van der Waals surface area contributed by atoms with E-state index in [9.17, 15) is 9.18 Å². The van der Waals surface area contributed by atoms with E-state index in [0.29, 0.717) is 0 Å². The van der Waals surface area contributed by atoms with E-state index in [4.69, 9.17) is 21.4 Å². The molecule has 0 aromatic heterocycles. The van der Waals surface area contributed by atoms with E-state index in [2.05, 4.69) is 0 Å². The summed E-state index contributed by atoms with van der Waals surface area (Å²) >= 11 is 5.90. The molecule has 0 aliphatic carbocycles. The Labute approximate surface area is 114 Å². The molecule has 98 valence electrons. The summed E-state index contributed by atoms with van der Waals surface area (Å²) in [5, 5.41) is 8.92. The lowest BCUT2D eigenvalue weighted by Gasteiger charge is -2.09. The van der Waals surface area contributed by atoms with Crippen molar-refractivity contribution >= 4 is 17.6 Å². The molecule has 2 aromatic rings. The molecule has 2 aromatic carbocycles. The van der Waals surface area contributed by atoms with Crippen LogP contribution in [-0.2, 0) is 0 Å². The minimum atomic E-state index is -1.09. The average molecular weight is 281 g/mol. The zero-order valence-electron chi connectivity index (χ0n) is 9.98. The molecule has 0 heterocycles. The van der Waals surface area contributed by atoms with Crippen LogP contribution < -0.4 is 4.74 Å². The molecule has 0 radical (unpaired) electrons. The lowest BCUT2D eigenvalue weighted by molar-refractivity contribution is 0.0697. The molecule has 0 aliphatic rings. The Balaban J connectivity index is 2.33. The number of carbonyl (C=O) groups is 1. The van der Waals surface area contributed by atoms with Crippen molar-refractivity contribution in [2.75, 3.05) is 0 Å². The zero-order valence-corrected chi connectivity index (χ0v) is 10.7. The number of benzene rings is 2. The van der Waals surface area contributed by atoms with Gasteiger partial charge in [0.15, 0.2) is 11.6 Å². The van der Waals surface area contributed by atoms with Crippen LogP contribution in [0.2, 0.25) is 5.02 Å². The molecule has 5 heteroatoms. The van der Waals surface area contributed by atoms with Crippen LogP contribution in [-0.4, -0.2) is 11.1 Å². The molecule has 0 atom stereocenters. The van der Waals surface area contributed by atoms with E-state index in [1.807, 2.05) is 0 Å². The van der Waals surface area contributed by atoms with Gasteiger partial charge in [-0.15, -0.1) is 0 Å². The monoisotopic (exact) mass is 280 g/mol. The number of carboxylic acid groups (broad SMARTS) is 1. The lowest BCUT2D eigenvalue weighted by atomic mass is 10.2. The van der Waals surface area contributed by atoms with Crippen molar-refractivity contribution < 1.29 is 19.0 Å². The highest BCUT2D eigenvalue weighted by atomic mass is 35.5. The van der Waals surface area contributed by atoms with Crippen LogP contribution in [0.5, 0.6) is 11.5 Å². The van der Waals surface area contributed by atoms with Crippen LogP contribution in [0.1, 0.15) is 15.9 Å². The number of carboxylic acids is 1. The number of aromatic carboxylic acids is 1. The van der Waals surface area contributed by atoms with Crippen LogP contribution in [0.25, 0.3) is 0 Å². The first kappa shape index (κ1) is 13.4. The van der Waals surface area contributed by atoms with Crippen molar-refractivity contribution in [2.45, 2.75) is 6.92 Å². The van der Waals surface area contributed by atoms with Gasteiger partial charge in [-0.1, -0.05) is 17.7 Å². The topological polar surface area (TPSA) is 46.5 Å². The molecule has 0 fully saturated rings. The summed E-state index contributed by atoms with van der Waals surface area (Å²) in [6.45, 7) is 1.81. The van der Waals surface area contributed by atoms with Crippen molar-refractivity contribution in [2.24, 2.45) is 0 Å². The first-order valence-corrected chi connectivity index (χ1v) is 5.82. The third-order valence-corrected chi connectivity index (χ3v) is 2.78. The summed E-state index contributed by atoms with van der Waals surface area (Å²) in [6.07, 6.45) is 0. The van der Waals surface area contributed by atoms with Gasteiger partial charge in [0, 0.05) is 0 Å². The van der Waals surface area contributed by atoms with Gasteiger partial charge in [0.1, 0.15) is 5.75 Å². The molecule has 19 heavy (non-hydrogen) atoms. The van der Waals surface area contributed by atoms with Gasteiger partial charge in [-0.05, 0) is 42.8 Å². The second-order valence-corrected chi connectivity index (χ2v) is 4.39. The molecule has 0 saturated carbocycles. The SMILES string of the molecule is Cc1ccc(F)c(Oc2ccc(C(=O)O)cc2Cl)c1. The second-order valence-electron chi connectivity index (χ2n) is 3.99. The van der Waals surface area contributed by atoms with Crippen molar-refractivity contribution in [1.82, 2.24) is 0 Å². The fraction of sp³-hybridized carbons (Fsp3) is 0.0714. The fourth-order valence-corrected chi connectivity index (χ4v) is 1.74. The smallest absolute Gasteiger partial charge is 0.335 e. The van der Waals surface area contributed by atoms with E-state index < -0.39 is 11.8 Å². The molecule has 0 unspecified atom stereocenters. The summed E-state index contributed by atoms with van der Waals surface area (Å²) < 4.78 is 18.9. The third-order valence-electron chi connectivity index (χ3n) is 2.49. The Hall–Kier alpha value is -2.07. The van der Waals surface area contributed by atoms with E-state index in [1.54, 1.807) is 13.0 Å². The van der Waals surface area contributed by atoms with Gasteiger partial charge in [0.2, 0.25) is 0 Å². The Morgan fingerprint density at radius 1 is 1.21 bits per heavy atom. The second kappa shape index (κ2) is 5.28. The predicted octanol–water partition coefficient (Wildman–Crippen LogP) is 4.28. The molecule has 2 rings (SSSR count). The van der Waals surface area contributed by atoms with Gasteiger partial charge < -0.3 is 9.84 Å². The third kappa shape index (κ3) is 3.03. The molecule has 3 nitrogen and oxygen atoms in total. The quantitative estimate of drug-likeness (QED) is 0.913. The minimum Gasteiger partial charge on any atom is -0.478 e. The van der Waals surface area contributed by atoms with Gasteiger partial charge >= 0.3 is 5.97 Å². The van der Waals surface area contributed by atoms with Crippen LogP contribution in [0.15, 0.2) is 36.4 Å². The maximum absolute atomic E-state index is 13.5. The maximum atomic E-state index is 13.5. The molecule has 0 amide bonds. The Kier molecular flexibility index (Phi) is 3.71. The van der Waals surface area contributed by atoms with Crippen LogP contribution >= 0.6 is 11.6 Å². The van der Waals surface area contributed by atoms with E-state index in [-0.39, 0.29) is 22.1 Å². The summed E-state index contributed by atoms with van der Waals surface area (Å²) in [4.78, 5) is 10.8. The highest BCUT2D eigenvalue weighted by Gasteiger charge is 2.11. The highest BCUT2D eigenvalue weighted by Crippen LogP contribution is 2.31. The van der Waals surface area contributed by atoms with E-state index in [1.165, 1.54) is 30.3 Å². The summed E-state index contributed by atoms with van der Waals surface area (Å²) in [7, 11) is 0. The van der Waals surface area contributed by atoms with Crippen molar-refractivity contribution in [3.8, 4) is 11.5 Å². The van der Waals surface area contributed by atoms with Gasteiger partial charge in [-0.3, -0.25) is 0 Å². The van der Waals surface area contributed by atoms with Crippen molar-refractivity contribution in [3.05, 3.63) is 58.4 Å². The van der Waals surface area contributed by atoms with Crippen LogP contribution in [0.3, 0.4) is 0 Å². The fourth-order valence-electron chi connectivity index (χ4n) is 1.52. The number of halogens is 2. The molecule has 1 N–H and O–H groups in total. The van der Waals surface area contributed by atoms with Crippen LogP contribution in [0.4, 0.5) is 4.39 Å². The minimum absolute atomic E-state index is 0.0436. The van der Waals surface area contributed by atoms with Gasteiger partial charge in [0.25, 0.3) is 0 Å². The maximum Gasteiger partial charge on any atom is 0.335 e.